The molecule has 0 saturated heterocycles. The first-order valence-electron chi connectivity index (χ1n) is 18.9. The predicted octanol–water partition coefficient (Wildman–Crippen LogP) is 9.43. The Labute approximate surface area is 306 Å². The molecule has 4 fully saturated rings. The van der Waals surface area contributed by atoms with E-state index in [4.69, 9.17) is 13.9 Å². The molecule has 0 spiro atoms. The van der Waals surface area contributed by atoms with Crippen molar-refractivity contribution in [3.8, 4) is 16.9 Å². The lowest BCUT2D eigenvalue weighted by Gasteiger charge is -2.57. The number of hydrogen-bond acceptors (Lipinski definition) is 6. The number of methoxy groups -OCH3 is 1. The van der Waals surface area contributed by atoms with E-state index in [2.05, 4.69) is 62.7 Å². The maximum absolute atomic E-state index is 13.9. The molecule has 2 aromatic rings. The number of hydrogen-bond donors (Lipinski definition) is 2. The first kappa shape index (κ1) is 38.6. The number of carbonyl (C=O) groups is 3. The summed E-state index contributed by atoms with van der Waals surface area (Å²) in [5.74, 6) is 2.72. The van der Waals surface area contributed by atoms with Crippen LogP contribution in [0.1, 0.15) is 114 Å². The lowest BCUT2D eigenvalue weighted by Crippen LogP contribution is -2.49. The van der Waals surface area contributed by atoms with E-state index in [1.165, 1.54) is 57.3 Å². The summed E-state index contributed by atoms with van der Waals surface area (Å²) in [7, 11) is -0.783. The van der Waals surface area contributed by atoms with Gasteiger partial charge in [-0.15, -0.1) is 0 Å². The molecule has 0 unspecified atom stereocenters. The molecule has 8 nitrogen and oxygen atoms in total. The second-order valence-corrected chi connectivity index (χ2v) is 22.5. The number of rotatable bonds is 12. The van der Waals surface area contributed by atoms with E-state index in [0.717, 1.165) is 40.2 Å². The van der Waals surface area contributed by atoms with E-state index in [-0.39, 0.29) is 16.4 Å². The van der Waals surface area contributed by atoms with Gasteiger partial charge < -0.3 is 24.5 Å². The molecule has 0 aromatic heterocycles. The summed E-state index contributed by atoms with van der Waals surface area (Å²) in [6.07, 6.45) is 11.7. The van der Waals surface area contributed by atoms with Gasteiger partial charge in [0.25, 0.3) is 5.91 Å². The molecule has 9 heteroatoms. The molecule has 0 atom stereocenters. The van der Waals surface area contributed by atoms with E-state index in [9.17, 15) is 14.4 Å². The fourth-order valence-corrected chi connectivity index (χ4v) is 9.49. The van der Waals surface area contributed by atoms with Crippen molar-refractivity contribution in [2.75, 3.05) is 20.2 Å². The smallest absolute Gasteiger partial charge is 0.407 e. The molecule has 6 rings (SSSR count). The number of nitrogens with one attached hydrogen (secondary N) is 2. The molecule has 0 radical (unpaired) electrons. The molecule has 0 aliphatic heterocycles. The molecule has 4 aliphatic carbocycles. The maximum atomic E-state index is 13.9. The van der Waals surface area contributed by atoms with Gasteiger partial charge in [-0.25, -0.2) is 9.59 Å². The van der Waals surface area contributed by atoms with Gasteiger partial charge in [0.15, 0.2) is 0 Å². The first-order chi connectivity index (χ1) is 23.9. The van der Waals surface area contributed by atoms with Crippen molar-refractivity contribution < 1.29 is 28.3 Å². The van der Waals surface area contributed by atoms with Gasteiger partial charge in [0.2, 0.25) is 8.32 Å². The molecule has 2 amide bonds. The number of alkyl carbamates (subject to hydrolysis) is 1. The molecular weight excluding hydrogens is 657 g/mol. The molecule has 278 valence electrons. The number of carbonyl (C=O) groups excluding carboxylic acids is 3. The Balaban J connectivity index is 1.44. The van der Waals surface area contributed by atoms with Crippen LogP contribution in [0.3, 0.4) is 0 Å². The molecule has 51 heavy (non-hydrogen) atoms. The van der Waals surface area contributed by atoms with Gasteiger partial charge in [-0.3, -0.25) is 4.79 Å². The van der Waals surface area contributed by atoms with Gasteiger partial charge in [0.05, 0.1) is 7.11 Å². The topological polar surface area (TPSA) is 103 Å². The van der Waals surface area contributed by atoms with Crippen LogP contribution in [0.4, 0.5) is 4.79 Å². The minimum absolute atomic E-state index is 0.0645. The van der Waals surface area contributed by atoms with E-state index in [1.54, 1.807) is 6.08 Å². The van der Waals surface area contributed by atoms with Crippen LogP contribution >= 0.6 is 0 Å². The largest absolute Gasteiger partial charge is 0.543 e. The van der Waals surface area contributed by atoms with Crippen molar-refractivity contribution in [3.05, 3.63) is 59.2 Å². The molecule has 4 bridgehead atoms. The van der Waals surface area contributed by atoms with Crippen LogP contribution < -0.4 is 15.1 Å². The second kappa shape index (κ2) is 15.2. The molecule has 4 aliphatic rings. The number of benzene rings is 2. The standard InChI is InChI=1S/C42H60N2O6Si/c1-40(2,3)49-39(47)44-19-11-10-18-43-38(46)34-23-28(13-17-37(45)48-7)12-15-33(34)32-14-16-36(50-51(8,9)41(4,5)6)35(24-32)42-25-29-20-30(26-42)22-31(21-29)27-42/h12-17,23-24,29-31H,10-11,18-22,25-27H2,1-9H3,(H,43,46)(H,44,47). The molecule has 0 heterocycles. The first-order valence-corrected chi connectivity index (χ1v) is 21.8. The summed E-state index contributed by atoms with van der Waals surface area (Å²) in [6.45, 7) is 17.9. The SMILES string of the molecule is COC(=O)C=Cc1ccc(-c2ccc(O[Si](C)(C)C(C)(C)C)c(C34CC5CC(CC(C5)C3)C4)c2)c(C(=O)NCCCCNC(=O)OC(C)(C)C)c1. The highest BCUT2D eigenvalue weighted by molar-refractivity contribution is 6.74. The molecular formula is C42H60N2O6Si. The average molecular weight is 717 g/mol. The van der Waals surface area contributed by atoms with Crippen LogP contribution in [-0.2, 0) is 19.7 Å². The van der Waals surface area contributed by atoms with Gasteiger partial charge in [-0.1, -0.05) is 39.0 Å². The highest BCUT2D eigenvalue weighted by Gasteiger charge is 2.53. The van der Waals surface area contributed by atoms with E-state index >= 15 is 0 Å². The van der Waals surface area contributed by atoms with Crippen molar-refractivity contribution in [1.82, 2.24) is 10.6 Å². The van der Waals surface area contributed by atoms with Crippen LogP contribution in [0.2, 0.25) is 18.1 Å². The fraction of sp³-hybridized carbons (Fsp3) is 0.595. The van der Waals surface area contributed by atoms with Crippen molar-refractivity contribution in [2.45, 2.75) is 122 Å². The lowest BCUT2D eigenvalue weighted by molar-refractivity contribution is -0.134. The van der Waals surface area contributed by atoms with Gasteiger partial charge >= 0.3 is 12.1 Å². The predicted molar refractivity (Wildman–Crippen MR) is 206 cm³/mol. The van der Waals surface area contributed by atoms with Crippen molar-refractivity contribution in [2.24, 2.45) is 17.8 Å². The van der Waals surface area contributed by atoms with Gasteiger partial charge in [-0.05, 0) is 160 Å². The van der Waals surface area contributed by atoms with Gasteiger partial charge in [-0.2, -0.15) is 0 Å². The fourth-order valence-electron chi connectivity index (χ4n) is 8.46. The van der Waals surface area contributed by atoms with E-state index in [0.29, 0.717) is 31.5 Å². The summed E-state index contributed by atoms with van der Waals surface area (Å²) in [6, 6.07) is 12.4. The molecule has 2 aromatic carbocycles. The Morgan fingerprint density at radius 2 is 1.47 bits per heavy atom. The Morgan fingerprint density at radius 3 is 2.04 bits per heavy atom. The van der Waals surface area contributed by atoms with Crippen LogP contribution in [0.15, 0.2) is 42.5 Å². The zero-order chi connectivity index (χ0) is 37.2. The van der Waals surface area contributed by atoms with E-state index in [1.807, 2.05) is 39.0 Å². The van der Waals surface area contributed by atoms with Crippen molar-refractivity contribution in [1.29, 1.82) is 0 Å². The summed E-state index contributed by atoms with van der Waals surface area (Å²) >= 11 is 0. The summed E-state index contributed by atoms with van der Waals surface area (Å²) in [5, 5.41) is 5.94. The third-order valence-electron chi connectivity index (χ3n) is 11.5. The normalized spacial score (nSPS) is 22.9. The Kier molecular flexibility index (Phi) is 11.5. The zero-order valence-electron chi connectivity index (χ0n) is 32.4. The minimum Gasteiger partial charge on any atom is -0.543 e. The van der Waals surface area contributed by atoms with Crippen LogP contribution in [0.5, 0.6) is 5.75 Å². The Hall–Kier alpha value is -3.59. The number of unbranched alkanes of at least 4 members (excludes halogenated alkanes) is 1. The third kappa shape index (κ3) is 9.45. The van der Waals surface area contributed by atoms with Crippen LogP contribution in [0.25, 0.3) is 17.2 Å². The summed E-state index contributed by atoms with van der Waals surface area (Å²) in [5.41, 5.74) is 3.99. The number of amides is 2. The molecule has 4 saturated carbocycles. The van der Waals surface area contributed by atoms with Gasteiger partial charge in [0, 0.05) is 24.7 Å². The monoisotopic (exact) mass is 716 g/mol. The zero-order valence-corrected chi connectivity index (χ0v) is 33.4. The van der Waals surface area contributed by atoms with Crippen molar-refractivity contribution >= 4 is 32.4 Å². The average Bonchev–Trinajstić information content (AvgIpc) is 3.03. The van der Waals surface area contributed by atoms with E-state index < -0.39 is 26.0 Å². The Morgan fingerprint density at radius 1 is 0.863 bits per heavy atom. The second-order valence-electron chi connectivity index (χ2n) is 17.8. The number of esters is 1. The molecule has 2 N–H and O–H groups in total. The number of ether oxygens (including phenoxy) is 2. The summed E-state index contributed by atoms with van der Waals surface area (Å²) in [4.78, 5) is 37.8. The Bertz CT molecular complexity index is 1600. The highest BCUT2D eigenvalue weighted by Crippen LogP contribution is 2.62. The lowest BCUT2D eigenvalue weighted by atomic mass is 9.48. The quantitative estimate of drug-likeness (QED) is 0.0982. The van der Waals surface area contributed by atoms with Crippen LogP contribution in [0, 0.1) is 17.8 Å². The highest BCUT2D eigenvalue weighted by atomic mass is 28.4. The minimum atomic E-state index is -2.13. The summed E-state index contributed by atoms with van der Waals surface area (Å²) < 4.78 is 17.2. The third-order valence-corrected chi connectivity index (χ3v) is 15.9. The van der Waals surface area contributed by atoms with Crippen LogP contribution in [-0.4, -0.2) is 52.1 Å². The van der Waals surface area contributed by atoms with Gasteiger partial charge in [0.1, 0.15) is 11.4 Å². The van der Waals surface area contributed by atoms with Crippen molar-refractivity contribution in [3.63, 3.8) is 0 Å². The maximum Gasteiger partial charge on any atom is 0.407 e.